The molecule has 0 heterocycles. The topological polar surface area (TPSA) is 27.7 Å². The first kappa shape index (κ1) is 22.7. The van der Waals surface area contributed by atoms with Crippen LogP contribution in [0.2, 0.25) is 0 Å². The summed E-state index contributed by atoms with van der Waals surface area (Å²) in [7, 11) is 0. The molecule has 146 valence electrons. The van der Waals surface area contributed by atoms with Crippen LogP contribution in [0.25, 0.3) is 0 Å². The van der Waals surface area contributed by atoms with E-state index in [-0.39, 0.29) is 17.8 Å². The molecule has 3 atom stereocenters. The smallest absolute Gasteiger partial charge is 0.157 e. The summed E-state index contributed by atoms with van der Waals surface area (Å²) < 4.78 is 17.4. The maximum Gasteiger partial charge on any atom is 0.157 e. The molecule has 0 saturated carbocycles. The van der Waals surface area contributed by atoms with Crippen LogP contribution in [0, 0.1) is 23.7 Å². The Morgan fingerprint density at radius 3 is 2.46 bits per heavy atom. The number of terminal acetylenes is 1. The van der Waals surface area contributed by atoms with Gasteiger partial charge < -0.3 is 14.2 Å². The van der Waals surface area contributed by atoms with E-state index in [9.17, 15) is 0 Å². The monoisotopic (exact) mass is 360 g/mol. The van der Waals surface area contributed by atoms with E-state index < -0.39 is 0 Å². The van der Waals surface area contributed by atoms with E-state index in [2.05, 4.69) is 39.8 Å². The van der Waals surface area contributed by atoms with Gasteiger partial charge >= 0.3 is 0 Å². The SMILES string of the molecule is C#CCO[C@H]1C[C@H](C(=C)C)[C@@](C)(CCC(OCC)OCC)C(C=C)=C1C. The zero-order chi connectivity index (χ0) is 19.7. The highest BCUT2D eigenvalue weighted by atomic mass is 16.7. The molecule has 26 heavy (non-hydrogen) atoms. The average Bonchev–Trinajstić information content (AvgIpc) is 2.59. The van der Waals surface area contributed by atoms with Gasteiger partial charge in [-0.1, -0.05) is 37.7 Å². The summed E-state index contributed by atoms with van der Waals surface area (Å²) in [6.07, 6.45) is 9.88. The normalized spacial score (nSPS) is 26.0. The van der Waals surface area contributed by atoms with Gasteiger partial charge in [0, 0.05) is 13.2 Å². The molecule has 0 bridgehead atoms. The van der Waals surface area contributed by atoms with Crippen LogP contribution in [-0.4, -0.2) is 32.2 Å². The first-order valence-corrected chi connectivity index (χ1v) is 9.62. The summed E-state index contributed by atoms with van der Waals surface area (Å²) in [5.74, 6) is 2.87. The van der Waals surface area contributed by atoms with Gasteiger partial charge in [-0.15, -0.1) is 6.42 Å². The lowest BCUT2D eigenvalue weighted by Gasteiger charge is -2.47. The van der Waals surface area contributed by atoms with Crippen LogP contribution >= 0.6 is 0 Å². The van der Waals surface area contributed by atoms with Gasteiger partial charge in [0.1, 0.15) is 6.61 Å². The zero-order valence-electron chi connectivity index (χ0n) is 17.3. The minimum Gasteiger partial charge on any atom is -0.361 e. The second-order valence-corrected chi connectivity index (χ2v) is 7.24. The highest BCUT2D eigenvalue weighted by Crippen LogP contribution is 2.51. The molecule has 1 rings (SSSR count). The Bertz CT molecular complexity index is 548. The first-order chi connectivity index (χ1) is 12.3. The molecule has 3 nitrogen and oxygen atoms in total. The van der Waals surface area contributed by atoms with E-state index in [1.165, 1.54) is 11.1 Å². The minimum atomic E-state index is -0.172. The molecule has 1 aliphatic carbocycles. The van der Waals surface area contributed by atoms with Crippen molar-refractivity contribution in [2.75, 3.05) is 19.8 Å². The molecule has 0 aliphatic heterocycles. The Morgan fingerprint density at radius 2 is 2.00 bits per heavy atom. The summed E-state index contributed by atoms with van der Waals surface area (Å²) in [5, 5.41) is 0. The third-order valence-corrected chi connectivity index (χ3v) is 5.51. The number of ether oxygens (including phenoxy) is 3. The fourth-order valence-corrected chi connectivity index (χ4v) is 4.26. The molecule has 0 saturated heterocycles. The van der Waals surface area contributed by atoms with Crippen molar-refractivity contribution in [3.63, 3.8) is 0 Å². The van der Waals surface area contributed by atoms with Gasteiger partial charge in [-0.3, -0.25) is 0 Å². The minimum absolute atomic E-state index is 0.0170. The molecule has 0 unspecified atom stereocenters. The third-order valence-electron chi connectivity index (χ3n) is 5.51. The van der Waals surface area contributed by atoms with Gasteiger partial charge in [0.05, 0.1) is 6.10 Å². The maximum absolute atomic E-state index is 5.92. The van der Waals surface area contributed by atoms with Gasteiger partial charge in [-0.25, -0.2) is 0 Å². The fraction of sp³-hybridized carbons (Fsp3) is 0.652. The Labute approximate surface area is 160 Å². The molecule has 0 aromatic heterocycles. The quantitative estimate of drug-likeness (QED) is 0.285. The molecular weight excluding hydrogens is 324 g/mol. The van der Waals surface area contributed by atoms with E-state index in [0.29, 0.717) is 25.7 Å². The lowest BCUT2D eigenvalue weighted by atomic mass is 9.59. The molecule has 1 aliphatic rings. The van der Waals surface area contributed by atoms with Crippen molar-refractivity contribution in [2.24, 2.45) is 11.3 Å². The van der Waals surface area contributed by atoms with Crippen molar-refractivity contribution in [1.82, 2.24) is 0 Å². The maximum atomic E-state index is 5.92. The molecule has 0 aromatic rings. The van der Waals surface area contributed by atoms with E-state index in [4.69, 9.17) is 20.6 Å². The van der Waals surface area contributed by atoms with Crippen molar-refractivity contribution < 1.29 is 14.2 Å². The molecular formula is C23H36O3. The van der Waals surface area contributed by atoms with Crippen molar-refractivity contribution in [1.29, 1.82) is 0 Å². The van der Waals surface area contributed by atoms with Crippen molar-refractivity contribution in [2.45, 2.75) is 66.3 Å². The van der Waals surface area contributed by atoms with Crippen LogP contribution in [0.5, 0.6) is 0 Å². The Morgan fingerprint density at radius 1 is 1.38 bits per heavy atom. The van der Waals surface area contributed by atoms with Gasteiger partial charge in [0.25, 0.3) is 0 Å². The largest absolute Gasteiger partial charge is 0.361 e. The highest BCUT2D eigenvalue weighted by molar-refractivity contribution is 5.38. The molecule has 0 spiro atoms. The number of hydrogen-bond donors (Lipinski definition) is 0. The van der Waals surface area contributed by atoms with Gasteiger partial charge in [0.2, 0.25) is 0 Å². The van der Waals surface area contributed by atoms with Crippen LogP contribution < -0.4 is 0 Å². The molecule has 0 N–H and O–H groups in total. The fourth-order valence-electron chi connectivity index (χ4n) is 4.26. The summed E-state index contributed by atoms with van der Waals surface area (Å²) in [5.41, 5.74) is 3.56. The summed E-state index contributed by atoms with van der Waals surface area (Å²) in [6, 6.07) is 0. The number of rotatable bonds is 11. The Balaban J connectivity index is 3.15. The van der Waals surface area contributed by atoms with Crippen LogP contribution in [0.15, 0.2) is 36.0 Å². The van der Waals surface area contributed by atoms with Crippen LogP contribution in [-0.2, 0) is 14.2 Å². The second-order valence-electron chi connectivity index (χ2n) is 7.24. The van der Waals surface area contributed by atoms with Crippen LogP contribution in [0.1, 0.15) is 53.9 Å². The average molecular weight is 361 g/mol. The van der Waals surface area contributed by atoms with Crippen LogP contribution in [0.3, 0.4) is 0 Å². The van der Waals surface area contributed by atoms with Crippen molar-refractivity contribution >= 4 is 0 Å². The third kappa shape index (κ3) is 5.33. The summed E-state index contributed by atoms with van der Waals surface area (Å²) >= 11 is 0. The number of hydrogen-bond acceptors (Lipinski definition) is 3. The Kier molecular flexibility index (Phi) is 9.36. The standard InChI is InChI=1S/C23H36O3/c1-9-15-26-21-16-20(17(5)6)23(8,19(10-2)18(21)7)14-13-22(24-11-3)25-12-4/h1,10,20-22H,2,5,11-16H2,3-4,6-8H3/t20-,21+,23+/m1/s1. The number of allylic oxidation sites excluding steroid dienone is 3. The highest BCUT2D eigenvalue weighted by Gasteiger charge is 2.44. The molecule has 0 fully saturated rings. The van der Waals surface area contributed by atoms with Crippen molar-refractivity contribution in [3.8, 4) is 12.3 Å². The lowest BCUT2D eigenvalue weighted by Crippen LogP contribution is -2.40. The van der Waals surface area contributed by atoms with E-state index in [1.807, 2.05) is 19.9 Å². The zero-order valence-corrected chi connectivity index (χ0v) is 17.3. The predicted octanol–water partition coefficient (Wildman–Crippen LogP) is 5.29. The van der Waals surface area contributed by atoms with E-state index in [1.54, 1.807) is 0 Å². The molecule has 0 aromatic carbocycles. The van der Waals surface area contributed by atoms with Crippen molar-refractivity contribution in [3.05, 3.63) is 36.0 Å². The van der Waals surface area contributed by atoms with Crippen LogP contribution in [0.4, 0.5) is 0 Å². The van der Waals surface area contributed by atoms with Gasteiger partial charge in [0.15, 0.2) is 6.29 Å². The molecule has 0 radical (unpaired) electrons. The van der Waals surface area contributed by atoms with E-state index >= 15 is 0 Å². The second kappa shape index (κ2) is 10.7. The Hall–Kier alpha value is -1.34. The first-order valence-electron chi connectivity index (χ1n) is 9.62. The summed E-state index contributed by atoms with van der Waals surface area (Å²) in [4.78, 5) is 0. The van der Waals surface area contributed by atoms with Gasteiger partial charge in [-0.05, 0) is 69.4 Å². The van der Waals surface area contributed by atoms with E-state index in [0.717, 1.165) is 24.8 Å². The lowest BCUT2D eigenvalue weighted by molar-refractivity contribution is -0.143. The molecule has 3 heteroatoms. The molecule has 0 amide bonds. The summed E-state index contributed by atoms with van der Waals surface area (Å²) in [6.45, 7) is 20.5. The predicted molar refractivity (Wildman–Crippen MR) is 109 cm³/mol. The van der Waals surface area contributed by atoms with Gasteiger partial charge in [-0.2, -0.15) is 0 Å².